The molecule has 1 aliphatic heterocycles. The predicted molar refractivity (Wildman–Crippen MR) is 140 cm³/mol. The molecule has 4 rings (SSSR count). The number of likely N-dealkylation sites (tertiary alicyclic amines) is 1. The van der Waals surface area contributed by atoms with Gasteiger partial charge in [-0.15, -0.1) is 0 Å². The first-order valence-electron chi connectivity index (χ1n) is 13.2. The average Bonchev–Trinajstić information content (AvgIpc) is 3.43. The molecule has 1 atom stereocenters. The average molecular weight is 530 g/mol. The molecular weight excluding hydrogens is 494 g/mol. The number of aromatic amines is 1. The molecule has 1 aromatic heterocycles. The van der Waals surface area contributed by atoms with Crippen molar-refractivity contribution in [2.45, 2.75) is 63.8 Å². The number of carbonyl (C=O) groups is 3. The van der Waals surface area contributed by atoms with Gasteiger partial charge in [-0.2, -0.15) is 0 Å². The van der Waals surface area contributed by atoms with Gasteiger partial charge in [0.15, 0.2) is 0 Å². The molecular formula is C27H36ClN5O4. The van der Waals surface area contributed by atoms with Crippen molar-refractivity contribution in [1.29, 1.82) is 0 Å². The number of piperidine rings is 1. The van der Waals surface area contributed by atoms with Crippen LogP contribution in [0.2, 0.25) is 5.02 Å². The Kier molecular flexibility index (Phi) is 9.08. The van der Waals surface area contributed by atoms with Crippen LogP contribution in [-0.2, 0) is 22.4 Å². The van der Waals surface area contributed by atoms with E-state index < -0.39 is 23.5 Å². The van der Waals surface area contributed by atoms with E-state index in [1.54, 1.807) is 29.6 Å². The van der Waals surface area contributed by atoms with Crippen molar-refractivity contribution < 1.29 is 19.5 Å². The fraction of sp³-hybridized carbons (Fsp3) is 0.556. The number of hydrogen-bond donors (Lipinski definition) is 4. The van der Waals surface area contributed by atoms with Gasteiger partial charge >= 0.3 is 12.0 Å². The van der Waals surface area contributed by atoms with Gasteiger partial charge < -0.3 is 25.6 Å². The molecule has 0 radical (unpaired) electrons. The van der Waals surface area contributed by atoms with Crippen molar-refractivity contribution in [2.24, 2.45) is 11.3 Å². The van der Waals surface area contributed by atoms with Crippen LogP contribution in [0.15, 0.2) is 36.8 Å². The number of nitrogens with zero attached hydrogens (tertiary/aromatic N) is 2. The number of carboxylic acid groups (broad SMARTS) is 1. The van der Waals surface area contributed by atoms with Gasteiger partial charge in [0.1, 0.15) is 6.04 Å². The quantitative estimate of drug-likeness (QED) is 0.393. The van der Waals surface area contributed by atoms with Gasteiger partial charge in [-0.05, 0) is 49.3 Å². The number of imidazole rings is 1. The number of benzene rings is 1. The molecule has 3 amide bonds. The summed E-state index contributed by atoms with van der Waals surface area (Å²) in [5.41, 5.74) is 0.945. The number of aliphatic carboxylic acids is 1. The summed E-state index contributed by atoms with van der Waals surface area (Å²) >= 11 is 6.02. The van der Waals surface area contributed by atoms with E-state index in [4.69, 9.17) is 11.6 Å². The van der Waals surface area contributed by atoms with E-state index in [9.17, 15) is 19.5 Å². The van der Waals surface area contributed by atoms with Crippen molar-refractivity contribution in [3.05, 3.63) is 53.1 Å². The molecule has 0 unspecified atom stereocenters. The molecule has 0 bridgehead atoms. The van der Waals surface area contributed by atoms with Crippen LogP contribution in [0.25, 0.3) is 0 Å². The van der Waals surface area contributed by atoms with Crippen LogP contribution in [0.3, 0.4) is 0 Å². The standard InChI is InChI=1S/C27H36ClN5O4/c28-21-8-6-19(7-9-21)16-23(32-26(37)30-13-10-22-17-29-18-31-22)24(34)33-14-11-27(12-15-33,25(35)36)20-4-2-1-3-5-20/h6-9,17-18,20,23H,1-5,10-16H2,(H,29,31)(H,35,36)(H2,30,32,37)/t23-/m0/s1. The zero-order chi connectivity index (χ0) is 26.3. The lowest BCUT2D eigenvalue weighted by Crippen LogP contribution is -2.56. The molecule has 1 saturated heterocycles. The van der Waals surface area contributed by atoms with Crippen LogP contribution in [0.5, 0.6) is 0 Å². The van der Waals surface area contributed by atoms with Crippen molar-refractivity contribution in [3.63, 3.8) is 0 Å². The monoisotopic (exact) mass is 529 g/mol. The van der Waals surface area contributed by atoms with E-state index in [2.05, 4.69) is 20.6 Å². The summed E-state index contributed by atoms with van der Waals surface area (Å²) < 4.78 is 0. The number of amides is 3. The zero-order valence-corrected chi connectivity index (χ0v) is 21.8. The number of aromatic nitrogens is 2. The highest BCUT2D eigenvalue weighted by atomic mass is 35.5. The lowest BCUT2D eigenvalue weighted by molar-refractivity contribution is -0.160. The van der Waals surface area contributed by atoms with Crippen LogP contribution >= 0.6 is 11.6 Å². The lowest BCUT2D eigenvalue weighted by Gasteiger charge is -2.45. The Balaban J connectivity index is 1.40. The Labute approximate surface area is 222 Å². The van der Waals surface area contributed by atoms with E-state index in [0.717, 1.165) is 36.9 Å². The minimum absolute atomic E-state index is 0.166. The second-order valence-corrected chi connectivity index (χ2v) is 10.7. The third-order valence-electron chi connectivity index (χ3n) is 7.96. The van der Waals surface area contributed by atoms with Gasteiger partial charge in [-0.3, -0.25) is 9.59 Å². The van der Waals surface area contributed by atoms with Crippen molar-refractivity contribution in [3.8, 4) is 0 Å². The van der Waals surface area contributed by atoms with Gasteiger partial charge in [-0.25, -0.2) is 9.78 Å². The maximum absolute atomic E-state index is 13.6. The summed E-state index contributed by atoms with van der Waals surface area (Å²) in [5.74, 6) is -0.766. The summed E-state index contributed by atoms with van der Waals surface area (Å²) in [5, 5.41) is 16.4. The second kappa shape index (κ2) is 12.4. The minimum atomic E-state index is -0.779. The number of carbonyl (C=O) groups excluding carboxylic acids is 2. The molecule has 9 nitrogen and oxygen atoms in total. The maximum Gasteiger partial charge on any atom is 0.315 e. The second-order valence-electron chi connectivity index (χ2n) is 10.2. The zero-order valence-electron chi connectivity index (χ0n) is 21.0. The summed E-state index contributed by atoms with van der Waals surface area (Å²) in [4.78, 5) is 47.5. The number of nitrogens with one attached hydrogen (secondary N) is 3. The Bertz CT molecular complexity index is 1050. The summed E-state index contributed by atoms with van der Waals surface area (Å²) in [6, 6.07) is 5.99. The molecule has 2 aromatic rings. The van der Waals surface area contributed by atoms with E-state index >= 15 is 0 Å². The molecule has 200 valence electrons. The van der Waals surface area contributed by atoms with E-state index in [-0.39, 0.29) is 11.8 Å². The summed E-state index contributed by atoms with van der Waals surface area (Å²) in [7, 11) is 0. The number of hydrogen-bond acceptors (Lipinski definition) is 4. The van der Waals surface area contributed by atoms with E-state index in [1.165, 1.54) is 6.42 Å². The number of urea groups is 1. The molecule has 1 saturated carbocycles. The van der Waals surface area contributed by atoms with Gasteiger partial charge in [0.2, 0.25) is 5.91 Å². The summed E-state index contributed by atoms with van der Waals surface area (Å²) in [6.45, 7) is 1.13. The van der Waals surface area contributed by atoms with E-state index in [1.807, 2.05) is 12.1 Å². The van der Waals surface area contributed by atoms with Crippen LogP contribution in [0.4, 0.5) is 4.79 Å². The normalized spacial score (nSPS) is 18.7. The first-order valence-corrected chi connectivity index (χ1v) is 13.5. The summed E-state index contributed by atoms with van der Waals surface area (Å²) in [6.07, 6.45) is 10.3. The van der Waals surface area contributed by atoms with Gasteiger partial charge in [0.25, 0.3) is 0 Å². The lowest BCUT2D eigenvalue weighted by atomic mass is 9.64. The Morgan fingerprint density at radius 2 is 1.84 bits per heavy atom. The fourth-order valence-electron chi connectivity index (χ4n) is 5.80. The highest BCUT2D eigenvalue weighted by Gasteiger charge is 2.48. The van der Waals surface area contributed by atoms with Gasteiger partial charge in [-0.1, -0.05) is 43.0 Å². The number of rotatable bonds is 9. The molecule has 10 heteroatoms. The largest absolute Gasteiger partial charge is 0.481 e. The maximum atomic E-state index is 13.6. The molecule has 37 heavy (non-hydrogen) atoms. The van der Waals surface area contributed by atoms with E-state index in [0.29, 0.717) is 50.3 Å². The number of H-pyrrole nitrogens is 1. The van der Waals surface area contributed by atoms with Crippen molar-refractivity contribution in [2.75, 3.05) is 19.6 Å². The molecule has 1 aliphatic carbocycles. The third-order valence-corrected chi connectivity index (χ3v) is 8.21. The van der Waals surface area contributed by atoms with Crippen LogP contribution in [0, 0.1) is 11.3 Å². The first kappa shape index (κ1) is 27.0. The Hall–Kier alpha value is -3.07. The SMILES string of the molecule is O=C(NCCc1c[nH]cn1)N[C@@H](Cc1ccc(Cl)cc1)C(=O)N1CCC(C(=O)O)(C2CCCCC2)CC1. The predicted octanol–water partition coefficient (Wildman–Crippen LogP) is 3.79. The fourth-order valence-corrected chi connectivity index (χ4v) is 5.92. The van der Waals surface area contributed by atoms with Crippen LogP contribution in [0.1, 0.15) is 56.2 Å². The number of carboxylic acids is 1. The first-order chi connectivity index (χ1) is 17.9. The smallest absolute Gasteiger partial charge is 0.315 e. The molecule has 0 spiro atoms. The molecule has 2 heterocycles. The van der Waals surface area contributed by atoms with Gasteiger partial charge in [0.05, 0.1) is 17.4 Å². The highest BCUT2D eigenvalue weighted by molar-refractivity contribution is 6.30. The molecule has 2 aliphatic rings. The third kappa shape index (κ3) is 6.83. The Morgan fingerprint density at radius 1 is 1.14 bits per heavy atom. The van der Waals surface area contributed by atoms with Crippen LogP contribution < -0.4 is 10.6 Å². The minimum Gasteiger partial charge on any atom is -0.481 e. The highest BCUT2D eigenvalue weighted by Crippen LogP contribution is 2.46. The molecule has 4 N–H and O–H groups in total. The number of halogens is 1. The van der Waals surface area contributed by atoms with Gasteiger partial charge in [0, 0.05) is 43.7 Å². The topological polar surface area (TPSA) is 127 Å². The molecule has 1 aromatic carbocycles. The molecule has 2 fully saturated rings. The Morgan fingerprint density at radius 3 is 2.46 bits per heavy atom. The van der Waals surface area contributed by atoms with Crippen molar-refractivity contribution >= 4 is 29.5 Å². The van der Waals surface area contributed by atoms with Crippen LogP contribution in [-0.4, -0.2) is 63.6 Å². The van der Waals surface area contributed by atoms with Crippen molar-refractivity contribution in [1.82, 2.24) is 25.5 Å².